The largest absolute Gasteiger partial charge is 0.279 e. The van der Waals surface area contributed by atoms with E-state index < -0.39 is 0 Å². The molecular formula is C19H25NO2. The molecule has 0 radical (unpaired) electrons. The molecule has 0 aromatic carbocycles. The first kappa shape index (κ1) is 13.3. The molecule has 118 valence electrons. The number of hydrogen-bond donors (Lipinski definition) is 0. The van der Waals surface area contributed by atoms with E-state index in [0.717, 1.165) is 12.8 Å². The summed E-state index contributed by atoms with van der Waals surface area (Å²) in [7, 11) is 0. The van der Waals surface area contributed by atoms with Gasteiger partial charge in [0.15, 0.2) is 0 Å². The fourth-order valence-electron chi connectivity index (χ4n) is 6.72. The quantitative estimate of drug-likeness (QED) is 0.551. The molecule has 4 saturated carbocycles. The van der Waals surface area contributed by atoms with Gasteiger partial charge in [0.1, 0.15) is 0 Å². The first-order valence-corrected chi connectivity index (χ1v) is 8.96. The van der Waals surface area contributed by atoms with Crippen molar-refractivity contribution in [1.82, 2.24) is 4.90 Å². The summed E-state index contributed by atoms with van der Waals surface area (Å²) in [6.07, 6.45) is 7.72. The van der Waals surface area contributed by atoms with Gasteiger partial charge in [0.05, 0.1) is 11.8 Å². The fourth-order valence-corrected chi connectivity index (χ4v) is 6.72. The zero-order valence-electron chi connectivity index (χ0n) is 13.7. The van der Waals surface area contributed by atoms with Crippen molar-refractivity contribution in [3.8, 4) is 0 Å². The molecule has 3 nitrogen and oxygen atoms in total. The molecule has 2 amide bonds. The summed E-state index contributed by atoms with van der Waals surface area (Å²) >= 11 is 0. The highest BCUT2D eigenvalue weighted by molar-refractivity contribution is 6.06. The van der Waals surface area contributed by atoms with Crippen molar-refractivity contribution in [3.63, 3.8) is 0 Å². The highest BCUT2D eigenvalue weighted by atomic mass is 16.2. The van der Waals surface area contributed by atoms with Gasteiger partial charge in [0.25, 0.3) is 0 Å². The van der Waals surface area contributed by atoms with Gasteiger partial charge in [0.2, 0.25) is 11.8 Å². The molecule has 6 rings (SSSR count). The number of imide groups is 1. The van der Waals surface area contributed by atoms with Crippen molar-refractivity contribution in [2.45, 2.75) is 46.1 Å². The van der Waals surface area contributed by atoms with E-state index in [1.165, 1.54) is 6.42 Å². The van der Waals surface area contributed by atoms with Crippen LogP contribution < -0.4 is 0 Å². The summed E-state index contributed by atoms with van der Waals surface area (Å²) < 4.78 is 0. The molecule has 3 heteroatoms. The maximum atomic E-state index is 13.0. The van der Waals surface area contributed by atoms with Crippen LogP contribution in [0.4, 0.5) is 0 Å². The second kappa shape index (κ2) is 3.85. The maximum absolute atomic E-state index is 13.0. The maximum Gasteiger partial charge on any atom is 0.233 e. The van der Waals surface area contributed by atoms with Crippen LogP contribution in [0.1, 0.15) is 40.0 Å². The number of carbonyl (C=O) groups excluding carboxylic acids is 2. The minimum absolute atomic E-state index is 0.0269. The standard InChI is InChI=1S/C19H25NO2/c1-9-13-7-12(19(13,2)3)8-14(9)20-17(21)15-10-4-5-11(6-10)16(15)18(20)22/h4-5,9-16H,6-8H2,1-3H3/t9-,10?,11?,12+,13-,14-,15?,16?/m1/s1. The smallest absolute Gasteiger partial charge is 0.233 e. The van der Waals surface area contributed by atoms with E-state index in [0.29, 0.717) is 35.0 Å². The summed E-state index contributed by atoms with van der Waals surface area (Å²) in [4.78, 5) is 27.7. The van der Waals surface area contributed by atoms with Crippen LogP contribution in [0.15, 0.2) is 12.2 Å². The third-order valence-electron chi connectivity index (χ3n) is 8.15. The van der Waals surface area contributed by atoms with E-state index in [1.807, 2.05) is 0 Å². The van der Waals surface area contributed by atoms with Gasteiger partial charge in [-0.3, -0.25) is 14.5 Å². The van der Waals surface area contributed by atoms with Crippen molar-refractivity contribution in [2.24, 2.45) is 46.8 Å². The molecule has 8 atom stereocenters. The summed E-state index contributed by atoms with van der Waals surface area (Å²) in [6, 6.07) is 0.168. The van der Waals surface area contributed by atoms with Gasteiger partial charge in [-0.15, -0.1) is 0 Å². The van der Waals surface area contributed by atoms with Crippen LogP contribution in [-0.2, 0) is 9.59 Å². The molecule has 22 heavy (non-hydrogen) atoms. The predicted molar refractivity (Wildman–Crippen MR) is 82.5 cm³/mol. The SMILES string of the molecule is C[C@H]1[C@H](N2C(=O)C3C4C=CC(C4)C3C2=O)C[C@@H]2C[C@H]1C2(C)C. The Morgan fingerprint density at radius 2 is 1.59 bits per heavy atom. The van der Waals surface area contributed by atoms with Gasteiger partial charge in [0, 0.05) is 6.04 Å². The van der Waals surface area contributed by atoms with Gasteiger partial charge < -0.3 is 0 Å². The van der Waals surface area contributed by atoms with Gasteiger partial charge >= 0.3 is 0 Å². The molecule has 1 aliphatic heterocycles. The highest BCUT2D eigenvalue weighted by Gasteiger charge is 2.64. The van der Waals surface area contributed by atoms with Crippen molar-refractivity contribution >= 4 is 11.8 Å². The number of carbonyl (C=O) groups is 2. The van der Waals surface area contributed by atoms with Gasteiger partial charge in [-0.05, 0) is 54.3 Å². The Hall–Kier alpha value is -1.12. The first-order valence-electron chi connectivity index (χ1n) is 8.96. The average Bonchev–Trinajstić information content (AvgIpc) is 3.14. The van der Waals surface area contributed by atoms with Crippen LogP contribution in [0.5, 0.6) is 0 Å². The van der Waals surface area contributed by atoms with Crippen LogP contribution in [0.2, 0.25) is 0 Å². The van der Waals surface area contributed by atoms with E-state index >= 15 is 0 Å². The van der Waals surface area contributed by atoms with Crippen molar-refractivity contribution in [2.75, 3.05) is 0 Å². The minimum Gasteiger partial charge on any atom is -0.279 e. The second-order valence-electron chi connectivity index (χ2n) is 9.07. The normalized spacial score (nSPS) is 53.9. The van der Waals surface area contributed by atoms with E-state index in [2.05, 4.69) is 32.9 Å². The van der Waals surface area contributed by atoms with Gasteiger partial charge in [-0.1, -0.05) is 32.9 Å². The number of likely N-dealkylation sites (tertiary alicyclic amines) is 1. The Bertz CT molecular complexity index is 577. The average molecular weight is 299 g/mol. The third-order valence-corrected chi connectivity index (χ3v) is 8.15. The molecule has 0 N–H and O–H groups in total. The highest BCUT2D eigenvalue weighted by Crippen LogP contribution is 2.63. The van der Waals surface area contributed by atoms with Crippen molar-refractivity contribution in [3.05, 3.63) is 12.2 Å². The molecule has 1 saturated heterocycles. The molecule has 0 aromatic rings. The van der Waals surface area contributed by atoms with Crippen molar-refractivity contribution < 1.29 is 9.59 Å². The zero-order valence-corrected chi connectivity index (χ0v) is 13.7. The lowest BCUT2D eigenvalue weighted by atomic mass is 9.44. The van der Waals surface area contributed by atoms with E-state index in [-0.39, 0.29) is 29.7 Å². The topological polar surface area (TPSA) is 37.4 Å². The summed E-state index contributed by atoms with van der Waals surface area (Å²) in [5, 5.41) is 0. The van der Waals surface area contributed by atoms with Crippen LogP contribution in [0.25, 0.3) is 0 Å². The van der Waals surface area contributed by atoms with Gasteiger partial charge in [-0.25, -0.2) is 0 Å². The Morgan fingerprint density at radius 1 is 1.00 bits per heavy atom. The number of amides is 2. The molecule has 5 aliphatic carbocycles. The first-order chi connectivity index (χ1) is 10.4. The number of fused-ring (bicyclic) bond motifs is 7. The number of rotatable bonds is 1. The van der Waals surface area contributed by atoms with E-state index in [4.69, 9.17) is 0 Å². The Balaban J connectivity index is 1.46. The van der Waals surface area contributed by atoms with Crippen molar-refractivity contribution in [1.29, 1.82) is 0 Å². The Labute approximate surface area is 132 Å². The molecule has 4 bridgehead atoms. The summed E-state index contributed by atoms with van der Waals surface area (Å²) in [5.74, 6) is 2.74. The van der Waals surface area contributed by atoms with Gasteiger partial charge in [-0.2, -0.15) is 0 Å². The molecule has 4 unspecified atom stereocenters. The fraction of sp³-hybridized carbons (Fsp3) is 0.789. The predicted octanol–water partition coefficient (Wildman–Crippen LogP) is 2.86. The lowest BCUT2D eigenvalue weighted by molar-refractivity contribution is -0.164. The number of hydrogen-bond acceptors (Lipinski definition) is 2. The van der Waals surface area contributed by atoms with Crippen LogP contribution in [0.3, 0.4) is 0 Å². The number of nitrogens with zero attached hydrogens (tertiary/aromatic N) is 1. The van der Waals surface area contributed by atoms with E-state index in [9.17, 15) is 9.59 Å². The molecule has 5 fully saturated rings. The Kier molecular flexibility index (Phi) is 2.34. The second-order valence-corrected chi connectivity index (χ2v) is 9.07. The minimum atomic E-state index is -0.0269. The Morgan fingerprint density at radius 3 is 2.09 bits per heavy atom. The third kappa shape index (κ3) is 1.31. The lowest BCUT2D eigenvalue weighted by Gasteiger charge is -2.63. The van der Waals surface area contributed by atoms with E-state index in [1.54, 1.807) is 4.90 Å². The molecule has 6 aliphatic rings. The lowest BCUT2D eigenvalue weighted by Crippen LogP contribution is -2.61. The monoisotopic (exact) mass is 299 g/mol. The molecule has 0 aromatic heterocycles. The zero-order chi connectivity index (χ0) is 15.4. The molecular weight excluding hydrogens is 274 g/mol. The summed E-state index contributed by atoms with van der Waals surface area (Å²) in [6.45, 7) is 7.00. The van der Waals surface area contributed by atoms with Crippen LogP contribution in [-0.4, -0.2) is 22.8 Å². The molecule has 0 spiro atoms. The summed E-state index contributed by atoms with van der Waals surface area (Å²) in [5.41, 5.74) is 0.401. The number of allylic oxidation sites excluding steroid dienone is 2. The van der Waals surface area contributed by atoms with Crippen LogP contribution >= 0.6 is 0 Å². The molecule has 1 heterocycles. The van der Waals surface area contributed by atoms with Crippen LogP contribution in [0, 0.1) is 46.8 Å².